The lowest BCUT2D eigenvalue weighted by Gasteiger charge is -2.21. The zero-order valence-electron chi connectivity index (χ0n) is 12.7. The second-order valence-electron chi connectivity index (χ2n) is 6.15. The van der Waals surface area contributed by atoms with E-state index in [9.17, 15) is 4.79 Å². The van der Waals surface area contributed by atoms with Crippen molar-refractivity contribution < 1.29 is 4.79 Å². The van der Waals surface area contributed by atoms with Gasteiger partial charge in [-0.05, 0) is 39.0 Å². The summed E-state index contributed by atoms with van der Waals surface area (Å²) in [5, 5.41) is 11.8. The number of carbonyl (C=O) groups excluding carboxylic acids is 1. The minimum Gasteiger partial charge on any atom is -0.346 e. The molecule has 1 aliphatic carbocycles. The smallest absolute Gasteiger partial charge is 0.224 e. The Bertz CT molecular complexity index is 534. The van der Waals surface area contributed by atoms with Crippen LogP contribution in [0.1, 0.15) is 63.1 Å². The Morgan fingerprint density at radius 2 is 2.24 bits per heavy atom. The maximum absolute atomic E-state index is 12.3. The molecule has 0 bridgehead atoms. The minimum absolute atomic E-state index is 0.0669. The number of rotatable bonds is 3. The van der Waals surface area contributed by atoms with E-state index < -0.39 is 0 Å². The standard InChI is InChI=1S/C16H24N4O/c1-12(17-16(21)13-8-4-2-5-9-13)15-19-18-14-10-6-3-7-11-20(14)15/h2,4,12-13H,3,5-11H2,1H3,(H,17,21)/t12-,13-/m0/s1. The molecular formula is C16H24N4O. The van der Waals surface area contributed by atoms with E-state index in [1.165, 1.54) is 19.3 Å². The summed E-state index contributed by atoms with van der Waals surface area (Å²) >= 11 is 0. The average Bonchev–Trinajstić information content (AvgIpc) is 2.77. The fourth-order valence-corrected chi connectivity index (χ4v) is 3.26. The molecule has 5 nitrogen and oxygen atoms in total. The summed E-state index contributed by atoms with van der Waals surface area (Å²) < 4.78 is 2.21. The van der Waals surface area contributed by atoms with Gasteiger partial charge >= 0.3 is 0 Å². The number of nitrogens with one attached hydrogen (secondary N) is 1. The van der Waals surface area contributed by atoms with Gasteiger partial charge in [0.05, 0.1) is 6.04 Å². The molecule has 0 radical (unpaired) electrons. The summed E-state index contributed by atoms with van der Waals surface area (Å²) in [6.07, 6.45) is 11.7. The molecule has 2 aliphatic rings. The Hall–Kier alpha value is -1.65. The summed E-state index contributed by atoms with van der Waals surface area (Å²) in [6.45, 7) is 2.99. The van der Waals surface area contributed by atoms with Gasteiger partial charge in [-0.15, -0.1) is 10.2 Å². The van der Waals surface area contributed by atoms with Crippen LogP contribution in [0.4, 0.5) is 0 Å². The molecule has 0 aromatic carbocycles. The highest BCUT2D eigenvalue weighted by atomic mass is 16.1. The van der Waals surface area contributed by atoms with E-state index in [4.69, 9.17) is 0 Å². The number of aromatic nitrogens is 3. The molecule has 0 saturated heterocycles. The van der Waals surface area contributed by atoms with Gasteiger partial charge in [0.25, 0.3) is 0 Å². The van der Waals surface area contributed by atoms with E-state index in [0.29, 0.717) is 0 Å². The van der Waals surface area contributed by atoms with Gasteiger partial charge in [0, 0.05) is 18.9 Å². The molecule has 0 fully saturated rings. The van der Waals surface area contributed by atoms with E-state index in [-0.39, 0.29) is 17.9 Å². The normalized spacial score (nSPS) is 23.2. The molecule has 2 atom stereocenters. The average molecular weight is 288 g/mol. The van der Waals surface area contributed by atoms with E-state index in [0.717, 1.165) is 43.9 Å². The lowest BCUT2D eigenvalue weighted by molar-refractivity contribution is -0.125. The van der Waals surface area contributed by atoms with Crippen LogP contribution in [-0.4, -0.2) is 20.7 Å². The Kier molecular flexibility index (Phi) is 4.36. The molecule has 5 heteroatoms. The molecule has 21 heavy (non-hydrogen) atoms. The zero-order valence-corrected chi connectivity index (χ0v) is 12.7. The number of amides is 1. The molecule has 1 aromatic heterocycles. The number of aryl methyl sites for hydroxylation is 1. The summed E-state index contributed by atoms with van der Waals surface area (Å²) in [6, 6.07) is -0.0669. The molecule has 1 amide bonds. The van der Waals surface area contributed by atoms with E-state index in [1.807, 2.05) is 6.92 Å². The summed E-state index contributed by atoms with van der Waals surface area (Å²) in [4.78, 5) is 12.3. The van der Waals surface area contributed by atoms with Crippen molar-refractivity contribution in [3.05, 3.63) is 23.8 Å². The molecule has 0 spiro atoms. The van der Waals surface area contributed by atoms with Gasteiger partial charge in [0.15, 0.2) is 5.82 Å². The summed E-state index contributed by atoms with van der Waals surface area (Å²) in [5.41, 5.74) is 0. The van der Waals surface area contributed by atoms with Crippen LogP contribution in [0, 0.1) is 5.92 Å². The van der Waals surface area contributed by atoms with Crippen molar-refractivity contribution >= 4 is 5.91 Å². The van der Waals surface area contributed by atoms with Crippen molar-refractivity contribution in [2.24, 2.45) is 5.92 Å². The molecule has 0 unspecified atom stereocenters. The Morgan fingerprint density at radius 3 is 3.05 bits per heavy atom. The second-order valence-corrected chi connectivity index (χ2v) is 6.15. The molecular weight excluding hydrogens is 264 g/mol. The van der Waals surface area contributed by atoms with Gasteiger partial charge < -0.3 is 9.88 Å². The van der Waals surface area contributed by atoms with Crippen LogP contribution < -0.4 is 5.32 Å². The number of carbonyl (C=O) groups is 1. The van der Waals surface area contributed by atoms with Crippen LogP contribution in [0.2, 0.25) is 0 Å². The van der Waals surface area contributed by atoms with Crippen LogP contribution in [0.25, 0.3) is 0 Å². The molecule has 1 N–H and O–H groups in total. The number of nitrogens with zero attached hydrogens (tertiary/aromatic N) is 3. The predicted molar refractivity (Wildman–Crippen MR) is 80.6 cm³/mol. The van der Waals surface area contributed by atoms with Gasteiger partial charge in [-0.25, -0.2) is 0 Å². The third-order valence-corrected chi connectivity index (χ3v) is 4.52. The molecule has 0 saturated carbocycles. The van der Waals surface area contributed by atoms with Crippen molar-refractivity contribution in [3.8, 4) is 0 Å². The first-order valence-corrected chi connectivity index (χ1v) is 8.13. The molecule has 1 aromatic rings. The zero-order chi connectivity index (χ0) is 14.7. The van der Waals surface area contributed by atoms with Crippen LogP contribution in [-0.2, 0) is 17.8 Å². The first-order valence-electron chi connectivity index (χ1n) is 8.13. The molecule has 114 valence electrons. The number of hydrogen-bond acceptors (Lipinski definition) is 3. The van der Waals surface area contributed by atoms with Crippen molar-refractivity contribution in [1.29, 1.82) is 0 Å². The quantitative estimate of drug-likeness (QED) is 0.870. The maximum Gasteiger partial charge on any atom is 0.224 e. The molecule has 2 heterocycles. The highest BCUT2D eigenvalue weighted by molar-refractivity contribution is 5.79. The second kappa shape index (κ2) is 6.41. The number of fused-ring (bicyclic) bond motifs is 1. The fraction of sp³-hybridized carbons (Fsp3) is 0.688. The Labute approximate surface area is 125 Å². The minimum atomic E-state index is -0.0669. The SMILES string of the molecule is C[C@H](NC(=O)[C@H]1CC=CCC1)c1nnc2n1CCCCC2. The van der Waals surface area contributed by atoms with Crippen molar-refractivity contribution in [1.82, 2.24) is 20.1 Å². The Balaban J connectivity index is 1.67. The van der Waals surface area contributed by atoms with Crippen molar-refractivity contribution in [2.75, 3.05) is 0 Å². The highest BCUT2D eigenvalue weighted by Crippen LogP contribution is 2.21. The van der Waals surface area contributed by atoms with Crippen molar-refractivity contribution in [3.63, 3.8) is 0 Å². The van der Waals surface area contributed by atoms with Crippen LogP contribution >= 0.6 is 0 Å². The van der Waals surface area contributed by atoms with Gasteiger partial charge in [-0.3, -0.25) is 4.79 Å². The number of hydrogen-bond donors (Lipinski definition) is 1. The first-order chi connectivity index (χ1) is 10.3. The fourth-order valence-electron chi connectivity index (χ4n) is 3.26. The summed E-state index contributed by atoms with van der Waals surface area (Å²) in [7, 11) is 0. The van der Waals surface area contributed by atoms with Gasteiger partial charge in [-0.1, -0.05) is 18.6 Å². The topological polar surface area (TPSA) is 59.8 Å². The Morgan fingerprint density at radius 1 is 1.33 bits per heavy atom. The van der Waals surface area contributed by atoms with E-state index in [2.05, 4.69) is 32.2 Å². The first kappa shape index (κ1) is 14.3. The summed E-state index contributed by atoms with van der Waals surface area (Å²) in [5.74, 6) is 2.25. The largest absolute Gasteiger partial charge is 0.346 e. The van der Waals surface area contributed by atoms with Crippen molar-refractivity contribution in [2.45, 2.75) is 64.5 Å². The van der Waals surface area contributed by atoms with Crippen LogP contribution in [0.3, 0.4) is 0 Å². The monoisotopic (exact) mass is 288 g/mol. The highest BCUT2D eigenvalue weighted by Gasteiger charge is 2.24. The van der Waals surface area contributed by atoms with Gasteiger partial charge in [0.1, 0.15) is 5.82 Å². The molecule has 1 aliphatic heterocycles. The van der Waals surface area contributed by atoms with Crippen LogP contribution in [0.15, 0.2) is 12.2 Å². The lowest BCUT2D eigenvalue weighted by Crippen LogP contribution is -2.34. The van der Waals surface area contributed by atoms with Gasteiger partial charge in [-0.2, -0.15) is 0 Å². The third-order valence-electron chi connectivity index (χ3n) is 4.52. The maximum atomic E-state index is 12.3. The van der Waals surface area contributed by atoms with E-state index in [1.54, 1.807) is 0 Å². The molecule has 3 rings (SSSR count). The van der Waals surface area contributed by atoms with Gasteiger partial charge in [0.2, 0.25) is 5.91 Å². The predicted octanol–water partition coefficient (Wildman–Crippen LogP) is 2.54. The third kappa shape index (κ3) is 3.17. The van der Waals surface area contributed by atoms with Crippen LogP contribution in [0.5, 0.6) is 0 Å². The number of allylic oxidation sites excluding steroid dienone is 2. The lowest BCUT2D eigenvalue weighted by atomic mass is 9.93. The van der Waals surface area contributed by atoms with E-state index >= 15 is 0 Å².